The van der Waals surface area contributed by atoms with Gasteiger partial charge in [-0.2, -0.15) is 0 Å². The van der Waals surface area contributed by atoms with E-state index in [0.717, 1.165) is 19.3 Å². The van der Waals surface area contributed by atoms with Crippen LogP contribution in [-0.4, -0.2) is 46.7 Å². The average molecular weight is 369 g/mol. The van der Waals surface area contributed by atoms with E-state index in [1.807, 2.05) is 0 Å². The van der Waals surface area contributed by atoms with Crippen molar-refractivity contribution in [3.63, 3.8) is 0 Å². The zero-order valence-electron chi connectivity index (χ0n) is 14.8. The number of carbonyl (C=O) groups is 2. The van der Waals surface area contributed by atoms with E-state index in [4.69, 9.17) is 16.3 Å². The molecule has 6 nitrogen and oxygen atoms in total. The maximum atomic E-state index is 12.8. The number of nitrogens with zero attached hydrogens (tertiary/aromatic N) is 1. The highest BCUT2D eigenvalue weighted by Crippen LogP contribution is 2.26. The van der Waals surface area contributed by atoms with Crippen LogP contribution in [-0.2, 0) is 4.74 Å². The number of benzene rings is 1. The predicted molar refractivity (Wildman–Crippen MR) is 96.0 cm³/mol. The van der Waals surface area contributed by atoms with Gasteiger partial charge in [-0.3, -0.25) is 4.79 Å². The number of amides is 2. The molecule has 0 aliphatic carbocycles. The van der Waals surface area contributed by atoms with Crippen molar-refractivity contribution >= 4 is 23.6 Å². The molecule has 1 fully saturated rings. The average Bonchev–Trinajstić information content (AvgIpc) is 2.53. The molecule has 0 spiro atoms. The molecule has 0 aromatic heterocycles. The van der Waals surface area contributed by atoms with Crippen LogP contribution in [0.2, 0.25) is 5.02 Å². The van der Waals surface area contributed by atoms with Gasteiger partial charge in [-0.25, -0.2) is 4.79 Å². The monoisotopic (exact) mass is 368 g/mol. The van der Waals surface area contributed by atoms with Crippen molar-refractivity contribution in [1.29, 1.82) is 0 Å². The summed E-state index contributed by atoms with van der Waals surface area (Å²) in [5.41, 5.74) is -0.393. The van der Waals surface area contributed by atoms with E-state index >= 15 is 0 Å². The number of phenolic OH excluding ortho intramolecular Hbond substituents is 1. The molecule has 1 aliphatic rings. The molecule has 25 heavy (non-hydrogen) atoms. The second-order valence-corrected chi connectivity index (χ2v) is 7.63. The zero-order chi connectivity index (χ0) is 18.6. The summed E-state index contributed by atoms with van der Waals surface area (Å²) in [5, 5.41) is 13.1. The Hall–Kier alpha value is -1.95. The van der Waals surface area contributed by atoms with Gasteiger partial charge in [0.15, 0.2) is 0 Å². The van der Waals surface area contributed by atoms with Gasteiger partial charge in [0.2, 0.25) is 0 Å². The molecule has 2 amide bonds. The number of likely N-dealkylation sites (tertiary alicyclic amines) is 1. The molecule has 0 radical (unpaired) electrons. The Balaban J connectivity index is 2.06. The summed E-state index contributed by atoms with van der Waals surface area (Å²) in [6, 6.07) is 4.26. The number of ether oxygens (including phenoxy) is 1. The molecular weight excluding hydrogens is 344 g/mol. The van der Waals surface area contributed by atoms with Crippen LogP contribution in [0.5, 0.6) is 5.75 Å². The van der Waals surface area contributed by atoms with Crippen molar-refractivity contribution in [1.82, 2.24) is 10.2 Å². The van der Waals surface area contributed by atoms with Crippen LogP contribution < -0.4 is 5.32 Å². The number of aromatic hydroxyl groups is 1. The summed E-state index contributed by atoms with van der Waals surface area (Å²) in [6.45, 7) is 6.27. The molecule has 1 aromatic rings. The Labute approximate surface area is 153 Å². The molecule has 1 atom stereocenters. The van der Waals surface area contributed by atoms with E-state index in [1.54, 1.807) is 25.7 Å². The molecule has 1 aliphatic heterocycles. The van der Waals surface area contributed by atoms with E-state index in [-0.39, 0.29) is 23.3 Å². The summed E-state index contributed by atoms with van der Waals surface area (Å²) in [7, 11) is 0. The van der Waals surface area contributed by atoms with Gasteiger partial charge in [-0.05, 0) is 58.2 Å². The molecule has 2 rings (SSSR count). The SMILES string of the molecule is CC(C)(C)OC(=O)NCC1CCCCN1C(=O)c1cc(Cl)ccc1O. The van der Waals surface area contributed by atoms with E-state index in [9.17, 15) is 14.7 Å². The largest absolute Gasteiger partial charge is 0.507 e. The van der Waals surface area contributed by atoms with Gasteiger partial charge in [0.25, 0.3) is 5.91 Å². The van der Waals surface area contributed by atoms with Crippen molar-refractivity contribution in [3.05, 3.63) is 28.8 Å². The van der Waals surface area contributed by atoms with Crippen LogP contribution in [0, 0.1) is 0 Å². The quantitative estimate of drug-likeness (QED) is 0.854. The van der Waals surface area contributed by atoms with Crippen LogP contribution >= 0.6 is 11.6 Å². The van der Waals surface area contributed by atoms with Gasteiger partial charge in [0.1, 0.15) is 11.4 Å². The minimum absolute atomic E-state index is 0.0983. The Morgan fingerprint density at radius 1 is 1.36 bits per heavy atom. The van der Waals surface area contributed by atoms with Crippen molar-refractivity contribution in [2.45, 2.75) is 51.7 Å². The van der Waals surface area contributed by atoms with Crippen LogP contribution in [0.25, 0.3) is 0 Å². The van der Waals surface area contributed by atoms with Crippen molar-refractivity contribution < 1.29 is 19.4 Å². The molecule has 1 heterocycles. The van der Waals surface area contributed by atoms with Gasteiger partial charge < -0.3 is 20.1 Å². The molecular formula is C18H25ClN2O4. The topological polar surface area (TPSA) is 78.9 Å². The lowest BCUT2D eigenvalue weighted by Crippen LogP contribution is -2.50. The van der Waals surface area contributed by atoms with Gasteiger partial charge in [0.05, 0.1) is 5.56 Å². The van der Waals surface area contributed by atoms with E-state index < -0.39 is 11.7 Å². The number of alkyl carbamates (subject to hydrolysis) is 1. The Morgan fingerprint density at radius 3 is 2.76 bits per heavy atom. The molecule has 1 saturated heterocycles. The number of halogens is 1. The van der Waals surface area contributed by atoms with E-state index in [2.05, 4.69) is 5.32 Å². The maximum Gasteiger partial charge on any atom is 0.407 e. The minimum Gasteiger partial charge on any atom is -0.507 e. The number of carbonyl (C=O) groups excluding carboxylic acids is 2. The molecule has 7 heteroatoms. The number of nitrogens with one attached hydrogen (secondary N) is 1. The van der Waals surface area contributed by atoms with E-state index in [0.29, 0.717) is 18.1 Å². The molecule has 0 saturated carbocycles. The van der Waals surface area contributed by atoms with Crippen LogP contribution in [0.4, 0.5) is 4.79 Å². The van der Waals surface area contributed by atoms with Gasteiger partial charge >= 0.3 is 6.09 Å². The normalized spacial score (nSPS) is 17.9. The number of phenols is 1. The molecule has 2 N–H and O–H groups in total. The lowest BCUT2D eigenvalue weighted by Gasteiger charge is -2.36. The minimum atomic E-state index is -0.571. The first kappa shape index (κ1) is 19.4. The van der Waals surface area contributed by atoms with Gasteiger partial charge in [0, 0.05) is 24.2 Å². The summed E-state index contributed by atoms with van der Waals surface area (Å²) >= 11 is 5.95. The third-order valence-corrected chi connectivity index (χ3v) is 4.19. The summed E-state index contributed by atoms with van der Waals surface area (Å²) in [4.78, 5) is 26.4. The molecule has 138 valence electrons. The smallest absolute Gasteiger partial charge is 0.407 e. The fourth-order valence-electron chi connectivity index (χ4n) is 2.83. The Kier molecular flexibility index (Phi) is 6.16. The number of rotatable bonds is 3. The number of hydrogen-bond donors (Lipinski definition) is 2. The standard InChI is InChI=1S/C18H25ClN2O4/c1-18(2,3)25-17(24)20-11-13-6-4-5-9-21(13)16(23)14-10-12(19)7-8-15(14)22/h7-8,10,13,22H,4-6,9,11H2,1-3H3,(H,20,24). The van der Waals surface area contributed by atoms with Gasteiger partial charge in [-0.1, -0.05) is 11.6 Å². The number of piperidine rings is 1. The predicted octanol–water partition coefficient (Wildman–Crippen LogP) is 3.57. The molecule has 1 unspecified atom stereocenters. The first-order valence-electron chi connectivity index (χ1n) is 8.44. The fraction of sp³-hybridized carbons (Fsp3) is 0.556. The van der Waals surface area contributed by atoms with Gasteiger partial charge in [-0.15, -0.1) is 0 Å². The highest BCUT2D eigenvalue weighted by atomic mass is 35.5. The zero-order valence-corrected chi connectivity index (χ0v) is 15.6. The van der Waals surface area contributed by atoms with Crippen molar-refractivity contribution in [2.75, 3.05) is 13.1 Å². The van der Waals surface area contributed by atoms with Crippen molar-refractivity contribution in [3.8, 4) is 5.75 Å². The molecule has 0 bridgehead atoms. The highest BCUT2D eigenvalue weighted by Gasteiger charge is 2.29. The third-order valence-electron chi connectivity index (χ3n) is 3.96. The summed E-state index contributed by atoms with van der Waals surface area (Å²) in [6.07, 6.45) is 2.14. The molecule has 1 aromatic carbocycles. The maximum absolute atomic E-state index is 12.8. The fourth-order valence-corrected chi connectivity index (χ4v) is 3.00. The lowest BCUT2D eigenvalue weighted by atomic mass is 10.0. The second-order valence-electron chi connectivity index (χ2n) is 7.19. The Morgan fingerprint density at radius 2 is 2.08 bits per heavy atom. The lowest BCUT2D eigenvalue weighted by molar-refractivity contribution is 0.0461. The summed E-state index contributed by atoms with van der Waals surface area (Å²) in [5.74, 6) is -0.380. The Bertz CT molecular complexity index is 642. The van der Waals surface area contributed by atoms with Crippen LogP contribution in [0.1, 0.15) is 50.4 Å². The third kappa shape index (κ3) is 5.53. The first-order chi connectivity index (χ1) is 11.7. The van der Waals surface area contributed by atoms with Crippen LogP contribution in [0.15, 0.2) is 18.2 Å². The second kappa shape index (κ2) is 7.95. The van der Waals surface area contributed by atoms with Crippen LogP contribution in [0.3, 0.4) is 0 Å². The van der Waals surface area contributed by atoms with E-state index in [1.165, 1.54) is 18.2 Å². The first-order valence-corrected chi connectivity index (χ1v) is 8.81. The highest BCUT2D eigenvalue weighted by molar-refractivity contribution is 6.31. The number of hydrogen-bond acceptors (Lipinski definition) is 4. The summed E-state index contributed by atoms with van der Waals surface area (Å²) < 4.78 is 5.23. The van der Waals surface area contributed by atoms with Crippen molar-refractivity contribution in [2.24, 2.45) is 0 Å².